The Hall–Kier alpha value is -3.26. The number of nitrogens with one attached hydrogen (secondary N) is 1. The number of hydrogen-bond acceptors (Lipinski definition) is 5. The lowest BCUT2D eigenvalue weighted by Crippen LogP contribution is -2.43. The molecular formula is C21H21N7O. The van der Waals surface area contributed by atoms with Crippen LogP contribution in [0.25, 0.3) is 28.1 Å². The molecule has 1 saturated heterocycles. The zero-order chi connectivity index (χ0) is 19.5. The number of likely N-dealkylation sites (tertiary alicyclic amines) is 1. The molecule has 0 atom stereocenters. The highest BCUT2D eigenvalue weighted by Crippen LogP contribution is 2.32. The summed E-state index contributed by atoms with van der Waals surface area (Å²) in [5.41, 5.74) is 5.37. The van der Waals surface area contributed by atoms with Crippen LogP contribution >= 0.6 is 0 Å². The number of piperidine rings is 1. The minimum Gasteiger partial charge on any atom is -0.338 e. The van der Waals surface area contributed by atoms with Crippen LogP contribution in [0.5, 0.6) is 0 Å². The molecule has 2 aliphatic rings. The zero-order valence-electron chi connectivity index (χ0n) is 16.2. The van der Waals surface area contributed by atoms with E-state index in [9.17, 15) is 4.79 Å². The maximum atomic E-state index is 13.1. The molecule has 1 amide bonds. The van der Waals surface area contributed by atoms with Gasteiger partial charge in [-0.3, -0.25) is 4.79 Å². The molecule has 4 aromatic rings. The van der Waals surface area contributed by atoms with Gasteiger partial charge >= 0.3 is 0 Å². The van der Waals surface area contributed by atoms with E-state index in [0.717, 1.165) is 65.1 Å². The standard InChI is InChI=1S/C21H21N7O/c1-26-5-3-15(4-6-26)27-11-14-8-17-18(10-16(14)21(27)29)25-20(24-17)13-2-7-28-19(9-13)22-12-23-28/h2,7-10,12,15H,3-6,11H2,1H3,(H,24,25). The lowest BCUT2D eigenvalue weighted by Gasteiger charge is -2.34. The summed E-state index contributed by atoms with van der Waals surface area (Å²) < 4.78 is 1.72. The minimum absolute atomic E-state index is 0.144. The van der Waals surface area contributed by atoms with Gasteiger partial charge in [-0.2, -0.15) is 5.10 Å². The van der Waals surface area contributed by atoms with Crippen LogP contribution in [0.1, 0.15) is 28.8 Å². The van der Waals surface area contributed by atoms with Crippen molar-refractivity contribution < 1.29 is 4.79 Å². The highest BCUT2D eigenvalue weighted by molar-refractivity contribution is 6.02. The third-order valence-electron chi connectivity index (χ3n) is 6.22. The van der Waals surface area contributed by atoms with E-state index in [4.69, 9.17) is 4.98 Å². The number of nitrogens with zero attached hydrogens (tertiary/aromatic N) is 6. The van der Waals surface area contributed by atoms with Crippen LogP contribution in [0.3, 0.4) is 0 Å². The first-order valence-corrected chi connectivity index (χ1v) is 9.97. The van der Waals surface area contributed by atoms with E-state index >= 15 is 0 Å². The van der Waals surface area contributed by atoms with Gasteiger partial charge in [-0.1, -0.05) is 0 Å². The first-order valence-electron chi connectivity index (χ1n) is 9.97. The van der Waals surface area contributed by atoms with Gasteiger partial charge in [-0.25, -0.2) is 14.5 Å². The summed E-state index contributed by atoms with van der Waals surface area (Å²) in [6.45, 7) is 2.79. The van der Waals surface area contributed by atoms with E-state index in [1.807, 2.05) is 24.4 Å². The second-order valence-corrected chi connectivity index (χ2v) is 8.06. The van der Waals surface area contributed by atoms with E-state index in [2.05, 4.69) is 38.0 Å². The van der Waals surface area contributed by atoms with E-state index < -0.39 is 0 Å². The molecule has 29 heavy (non-hydrogen) atoms. The van der Waals surface area contributed by atoms with Crippen molar-refractivity contribution in [2.75, 3.05) is 20.1 Å². The van der Waals surface area contributed by atoms with Crippen LogP contribution in [-0.4, -0.2) is 66.5 Å². The molecule has 0 aliphatic carbocycles. The highest BCUT2D eigenvalue weighted by atomic mass is 16.2. The predicted molar refractivity (Wildman–Crippen MR) is 108 cm³/mol. The Bertz CT molecular complexity index is 1250. The molecule has 0 spiro atoms. The molecular weight excluding hydrogens is 366 g/mol. The number of fused-ring (bicyclic) bond motifs is 3. The van der Waals surface area contributed by atoms with Crippen LogP contribution in [0.15, 0.2) is 36.8 Å². The van der Waals surface area contributed by atoms with E-state index in [1.165, 1.54) is 6.33 Å². The molecule has 0 unspecified atom stereocenters. The van der Waals surface area contributed by atoms with Crippen molar-refractivity contribution in [3.8, 4) is 11.4 Å². The van der Waals surface area contributed by atoms with Crippen molar-refractivity contribution in [3.05, 3.63) is 47.9 Å². The van der Waals surface area contributed by atoms with Gasteiger partial charge in [0, 0.05) is 29.9 Å². The largest absolute Gasteiger partial charge is 0.338 e. The van der Waals surface area contributed by atoms with E-state index in [1.54, 1.807) is 4.52 Å². The Kier molecular flexibility index (Phi) is 3.52. The number of aromatic nitrogens is 5. The van der Waals surface area contributed by atoms with Crippen LogP contribution < -0.4 is 0 Å². The van der Waals surface area contributed by atoms with Gasteiger partial charge in [-0.15, -0.1) is 0 Å². The number of pyridine rings is 1. The third kappa shape index (κ3) is 2.63. The first kappa shape index (κ1) is 16.7. The van der Waals surface area contributed by atoms with Gasteiger partial charge in [0.25, 0.3) is 5.91 Å². The van der Waals surface area contributed by atoms with Crippen LogP contribution in [0, 0.1) is 0 Å². The second-order valence-electron chi connectivity index (χ2n) is 8.06. The number of H-pyrrole nitrogens is 1. The quantitative estimate of drug-likeness (QED) is 0.571. The number of aromatic amines is 1. The van der Waals surface area contributed by atoms with E-state index in [-0.39, 0.29) is 5.91 Å². The van der Waals surface area contributed by atoms with Gasteiger partial charge in [0.05, 0.1) is 11.0 Å². The van der Waals surface area contributed by atoms with Crippen LogP contribution in [0.2, 0.25) is 0 Å². The monoisotopic (exact) mass is 387 g/mol. The normalized spacial score (nSPS) is 18.2. The Morgan fingerprint density at radius 2 is 2.03 bits per heavy atom. The smallest absolute Gasteiger partial charge is 0.254 e. The SMILES string of the molecule is CN1CCC(N2Cc3cc4[nH]c(-c5ccn6ncnc6c5)nc4cc3C2=O)CC1. The summed E-state index contributed by atoms with van der Waals surface area (Å²) in [4.78, 5) is 29.8. The zero-order valence-corrected chi connectivity index (χ0v) is 16.2. The van der Waals surface area contributed by atoms with E-state index in [0.29, 0.717) is 12.6 Å². The first-order chi connectivity index (χ1) is 14.2. The summed E-state index contributed by atoms with van der Waals surface area (Å²) in [5, 5.41) is 4.13. The fourth-order valence-electron chi connectivity index (χ4n) is 4.54. The summed E-state index contributed by atoms with van der Waals surface area (Å²) in [7, 11) is 2.14. The molecule has 1 aromatic carbocycles. The predicted octanol–water partition coefficient (Wildman–Crippen LogP) is 2.32. The van der Waals surface area contributed by atoms with Gasteiger partial charge in [-0.05, 0) is 62.8 Å². The molecule has 6 rings (SSSR count). The highest BCUT2D eigenvalue weighted by Gasteiger charge is 2.34. The van der Waals surface area contributed by atoms with Gasteiger partial charge in [0.1, 0.15) is 12.2 Å². The Morgan fingerprint density at radius 1 is 1.17 bits per heavy atom. The molecule has 146 valence electrons. The molecule has 0 radical (unpaired) electrons. The van der Waals surface area contributed by atoms with Crippen molar-refractivity contribution >= 4 is 22.6 Å². The van der Waals surface area contributed by atoms with Crippen molar-refractivity contribution in [2.24, 2.45) is 0 Å². The minimum atomic E-state index is 0.144. The lowest BCUT2D eigenvalue weighted by molar-refractivity contribution is 0.0617. The maximum absolute atomic E-state index is 13.1. The number of carbonyl (C=O) groups is 1. The van der Waals surface area contributed by atoms with Gasteiger partial charge in [0.15, 0.2) is 5.65 Å². The number of hydrogen-bond donors (Lipinski definition) is 1. The van der Waals surface area contributed by atoms with Crippen molar-refractivity contribution in [2.45, 2.75) is 25.4 Å². The molecule has 0 saturated carbocycles. The lowest BCUT2D eigenvalue weighted by atomic mass is 10.0. The summed E-state index contributed by atoms with van der Waals surface area (Å²) in [5.74, 6) is 0.916. The van der Waals surface area contributed by atoms with Crippen LogP contribution in [0.4, 0.5) is 0 Å². The number of rotatable bonds is 2. The molecule has 3 aromatic heterocycles. The topological polar surface area (TPSA) is 82.4 Å². The van der Waals surface area contributed by atoms with Gasteiger partial charge < -0.3 is 14.8 Å². The van der Waals surface area contributed by atoms with Crippen molar-refractivity contribution in [1.29, 1.82) is 0 Å². The molecule has 1 fully saturated rings. The summed E-state index contributed by atoms with van der Waals surface area (Å²) >= 11 is 0. The fourth-order valence-corrected chi connectivity index (χ4v) is 4.54. The van der Waals surface area contributed by atoms with Crippen LogP contribution in [-0.2, 0) is 6.54 Å². The van der Waals surface area contributed by atoms with Gasteiger partial charge in [0.2, 0.25) is 0 Å². The molecule has 8 heteroatoms. The third-order valence-corrected chi connectivity index (χ3v) is 6.22. The molecule has 5 heterocycles. The molecule has 2 aliphatic heterocycles. The molecule has 1 N–H and O–H groups in total. The number of amides is 1. The Labute approximate surface area is 167 Å². The number of carbonyl (C=O) groups excluding carboxylic acids is 1. The summed E-state index contributed by atoms with van der Waals surface area (Å²) in [6, 6.07) is 8.27. The number of benzene rings is 1. The maximum Gasteiger partial charge on any atom is 0.254 e. The fraction of sp³-hybridized carbons (Fsp3) is 0.333. The Morgan fingerprint density at radius 3 is 2.90 bits per heavy atom. The second kappa shape index (κ2) is 6.12. The average molecular weight is 387 g/mol. The average Bonchev–Trinajstić information content (AvgIpc) is 3.43. The van der Waals surface area contributed by atoms with Crippen molar-refractivity contribution in [3.63, 3.8) is 0 Å². The Balaban J connectivity index is 1.33. The molecule has 8 nitrogen and oxygen atoms in total. The number of imidazole rings is 1. The summed E-state index contributed by atoms with van der Waals surface area (Å²) in [6.07, 6.45) is 5.49. The molecule has 0 bridgehead atoms. The van der Waals surface area contributed by atoms with Crippen molar-refractivity contribution in [1.82, 2.24) is 34.4 Å².